The predicted molar refractivity (Wildman–Crippen MR) is 123 cm³/mol. The third-order valence-electron chi connectivity index (χ3n) is 5.27. The number of Topliss-reactive ketones (excluding diaryl/α,β-unsaturated/α-hetero) is 1. The lowest BCUT2D eigenvalue weighted by atomic mass is 10.0. The van der Waals surface area contributed by atoms with Crippen LogP contribution in [0.5, 0.6) is 0 Å². The van der Waals surface area contributed by atoms with Crippen molar-refractivity contribution >= 4 is 40.8 Å². The highest BCUT2D eigenvalue weighted by Crippen LogP contribution is 2.22. The van der Waals surface area contributed by atoms with Gasteiger partial charge in [0, 0.05) is 36.0 Å². The van der Waals surface area contributed by atoms with Crippen molar-refractivity contribution in [1.82, 2.24) is 9.88 Å². The molecule has 1 aromatic carbocycles. The Hall–Kier alpha value is -2.97. The van der Waals surface area contributed by atoms with Gasteiger partial charge in [0.15, 0.2) is 11.8 Å². The second-order valence-corrected chi connectivity index (χ2v) is 8.02. The van der Waals surface area contributed by atoms with E-state index in [0.29, 0.717) is 48.0 Å². The van der Waals surface area contributed by atoms with Gasteiger partial charge in [0.05, 0.1) is 12.2 Å². The zero-order chi connectivity index (χ0) is 23.1. The molecule has 0 bridgehead atoms. The molecule has 1 fully saturated rings. The number of carbonyl (C=O) groups excluding carboxylic acids is 3. The van der Waals surface area contributed by atoms with Gasteiger partial charge in [0.25, 0.3) is 5.91 Å². The van der Waals surface area contributed by atoms with Crippen LogP contribution in [0.2, 0.25) is 5.02 Å². The molecule has 3 rings (SSSR count). The number of piperidine rings is 1. The fourth-order valence-corrected chi connectivity index (χ4v) is 3.95. The number of ketones is 1. The highest BCUT2D eigenvalue weighted by Gasteiger charge is 2.34. The molecule has 0 aliphatic carbocycles. The van der Waals surface area contributed by atoms with Crippen LogP contribution in [0.25, 0.3) is 0 Å². The first kappa shape index (κ1) is 23.7. The summed E-state index contributed by atoms with van der Waals surface area (Å²) in [6.07, 6.45) is 3.00. The molecule has 32 heavy (non-hydrogen) atoms. The highest BCUT2D eigenvalue weighted by molar-refractivity contribution is 6.31. The summed E-state index contributed by atoms with van der Waals surface area (Å²) in [5.74, 6) is -0.533. The zero-order valence-corrected chi connectivity index (χ0v) is 18.9. The number of amides is 1. The van der Waals surface area contributed by atoms with Gasteiger partial charge >= 0.3 is 5.97 Å². The number of nitrogens with zero attached hydrogens (tertiary/aromatic N) is 2. The van der Waals surface area contributed by atoms with E-state index in [2.05, 4.69) is 15.6 Å². The zero-order valence-electron chi connectivity index (χ0n) is 18.1. The van der Waals surface area contributed by atoms with E-state index in [1.165, 1.54) is 6.92 Å². The van der Waals surface area contributed by atoms with Gasteiger partial charge in [0.1, 0.15) is 5.82 Å². The van der Waals surface area contributed by atoms with E-state index in [-0.39, 0.29) is 24.3 Å². The Kier molecular flexibility index (Phi) is 8.19. The van der Waals surface area contributed by atoms with Crippen LogP contribution < -0.4 is 10.6 Å². The van der Waals surface area contributed by atoms with Crippen molar-refractivity contribution in [2.45, 2.75) is 38.8 Å². The van der Waals surface area contributed by atoms with Crippen molar-refractivity contribution in [3.05, 3.63) is 53.2 Å². The number of esters is 1. The number of anilines is 2. The van der Waals surface area contributed by atoms with Gasteiger partial charge in [-0.1, -0.05) is 17.7 Å². The van der Waals surface area contributed by atoms with Crippen LogP contribution in [-0.4, -0.2) is 59.3 Å². The van der Waals surface area contributed by atoms with E-state index in [0.717, 1.165) is 0 Å². The number of ether oxygens (including phenoxy) is 1. The van der Waals surface area contributed by atoms with Gasteiger partial charge < -0.3 is 15.4 Å². The third-order valence-corrected chi connectivity index (χ3v) is 5.50. The van der Waals surface area contributed by atoms with Gasteiger partial charge in [0.2, 0.25) is 0 Å². The number of pyridine rings is 1. The molecule has 1 aromatic heterocycles. The maximum absolute atomic E-state index is 12.8. The number of aromatic nitrogens is 1. The molecule has 1 aliphatic heterocycles. The molecule has 8 nitrogen and oxygen atoms in total. The Balaban J connectivity index is 1.63. The molecule has 0 radical (unpaired) electrons. The van der Waals surface area contributed by atoms with Crippen molar-refractivity contribution in [2.75, 3.05) is 30.3 Å². The van der Waals surface area contributed by atoms with E-state index >= 15 is 0 Å². The van der Waals surface area contributed by atoms with Crippen LogP contribution in [0.15, 0.2) is 42.6 Å². The average molecular weight is 459 g/mol. The van der Waals surface area contributed by atoms with Crippen LogP contribution >= 0.6 is 11.6 Å². The van der Waals surface area contributed by atoms with Gasteiger partial charge in [-0.2, -0.15) is 0 Å². The molecule has 0 spiro atoms. The first-order chi connectivity index (χ1) is 15.4. The molecule has 170 valence electrons. The summed E-state index contributed by atoms with van der Waals surface area (Å²) in [5, 5.41) is 6.71. The Morgan fingerprint density at radius 1 is 1.22 bits per heavy atom. The predicted octanol–water partition coefficient (Wildman–Crippen LogP) is 3.38. The van der Waals surface area contributed by atoms with Crippen LogP contribution in [0.3, 0.4) is 0 Å². The van der Waals surface area contributed by atoms with Gasteiger partial charge in [-0.25, -0.2) is 9.78 Å². The van der Waals surface area contributed by atoms with Gasteiger partial charge in [-0.15, -0.1) is 0 Å². The molecule has 1 aliphatic rings. The normalized spacial score (nSPS) is 15.6. The molecule has 2 aromatic rings. The van der Waals surface area contributed by atoms with Crippen molar-refractivity contribution in [3.8, 4) is 0 Å². The largest absolute Gasteiger partial charge is 0.464 e. The summed E-state index contributed by atoms with van der Waals surface area (Å²) < 4.78 is 5.06. The molecule has 0 saturated carbocycles. The summed E-state index contributed by atoms with van der Waals surface area (Å²) >= 11 is 5.99. The maximum Gasteiger partial charge on any atom is 0.331 e. The van der Waals surface area contributed by atoms with Crippen molar-refractivity contribution in [3.63, 3.8) is 0 Å². The number of benzene rings is 1. The van der Waals surface area contributed by atoms with Crippen LogP contribution in [-0.2, 0) is 14.3 Å². The Morgan fingerprint density at radius 3 is 2.62 bits per heavy atom. The van der Waals surface area contributed by atoms with E-state index in [1.807, 2.05) is 4.90 Å². The second kappa shape index (κ2) is 11.1. The van der Waals surface area contributed by atoms with E-state index in [1.54, 1.807) is 49.5 Å². The maximum atomic E-state index is 12.8. The molecule has 1 atom stereocenters. The molecule has 1 saturated heterocycles. The van der Waals surface area contributed by atoms with Gasteiger partial charge in [-0.05, 0) is 57.0 Å². The average Bonchev–Trinajstić information content (AvgIpc) is 2.75. The number of likely N-dealkylation sites (tertiary alicyclic amines) is 1. The minimum absolute atomic E-state index is 0.0497. The minimum atomic E-state index is -0.871. The molecule has 1 amide bonds. The smallest absolute Gasteiger partial charge is 0.331 e. The number of hydrogen-bond acceptors (Lipinski definition) is 7. The monoisotopic (exact) mass is 458 g/mol. The summed E-state index contributed by atoms with van der Waals surface area (Å²) in [6.45, 7) is 4.47. The number of halogens is 1. The Labute approximate surface area is 192 Å². The molecule has 9 heteroatoms. The quantitative estimate of drug-likeness (QED) is 0.462. The lowest BCUT2D eigenvalue weighted by Gasteiger charge is -2.35. The fourth-order valence-electron chi connectivity index (χ4n) is 3.76. The summed E-state index contributed by atoms with van der Waals surface area (Å²) in [7, 11) is 0. The number of hydrogen-bond donors (Lipinski definition) is 2. The summed E-state index contributed by atoms with van der Waals surface area (Å²) in [4.78, 5) is 43.2. The Bertz CT molecular complexity index is 976. The molecular formula is C23H27ClN4O4. The second-order valence-electron chi connectivity index (χ2n) is 7.58. The number of nitrogens with one attached hydrogen (secondary N) is 2. The van der Waals surface area contributed by atoms with E-state index < -0.39 is 12.0 Å². The minimum Gasteiger partial charge on any atom is -0.464 e. The summed E-state index contributed by atoms with van der Waals surface area (Å²) in [6, 6.07) is 9.52. The van der Waals surface area contributed by atoms with Crippen LogP contribution in [0.1, 0.15) is 37.0 Å². The van der Waals surface area contributed by atoms with E-state index in [9.17, 15) is 14.4 Å². The Morgan fingerprint density at radius 2 is 1.97 bits per heavy atom. The SMILES string of the molecule is CCOC(=O)C(C(C)=O)N1CCC(Nc2ncccc2C(=O)Nc2cccc(Cl)c2)CC1. The van der Waals surface area contributed by atoms with Crippen LogP contribution in [0, 0.1) is 0 Å². The van der Waals surface area contributed by atoms with Crippen molar-refractivity contribution in [1.29, 1.82) is 0 Å². The molecule has 2 N–H and O–H groups in total. The van der Waals surface area contributed by atoms with Gasteiger partial charge in [-0.3, -0.25) is 14.5 Å². The highest BCUT2D eigenvalue weighted by atomic mass is 35.5. The third kappa shape index (κ3) is 6.05. The van der Waals surface area contributed by atoms with Crippen LogP contribution in [0.4, 0.5) is 11.5 Å². The molecule has 2 heterocycles. The molecule has 1 unspecified atom stereocenters. The lowest BCUT2D eigenvalue weighted by molar-refractivity contribution is -0.153. The molecular weight excluding hydrogens is 432 g/mol. The lowest BCUT2D eigenvalue weighted by Crippen LogP contribution is -2.51. The fraction of sp³-hybridized carbons (Fsp3) is 0.391. The number of carbonyl (C=O) groups is 3. The number of rotatable bonds is 8. The summed E-state index contributed by atoms with van der Waals surface area (Å²) in [5.41, 5.74) is 1.02. The first-order valence-corrected chi connectivity index (χ1v) is 11.0. The van der Waals surface area contributed by atoms with Crippen molar-refractivity contribution in [2.24, 2.45) is 0 Å². The van der Waals surface area contributed by atoms with E-state index in [4.69, 9.17) is 16.3 Å². The standard InChI is InChI=1S/C23H27ClN4O4/c1-3-32-23(31)20(15(2)29)28-12-9-17(10-13-28)26-21-19(8-5-11-25-21)22(30)27-18-7-4-6-16(24)14-18/h4-8,11,14,17,20H,3,9-10,12-13H2,1-2H3,(H,25,26)(H,27,30). The first-order valence-electron chi connectivity index (χ1n) is 10.6. The van der Waals surface area contributed by atoms with Crippen molar-refractivity contribution < 1.29 is 19.1 Å². The topological polar surface area (TPSA) is 101 Å².